The van der Waals surface area contributed by atoms with E-state index < -0.39 is 0 Å². The van der Waals surface area contributed by atoms with Crippen molar-refractivity contribution in [2.24, 2.45) is 5.73 Å². The van der Waals surface area contributed by atoms with Crippen molar-refractivity contribution in [1.29, 1.82) is 0 Å². The fourth-order valence-electron chi connectivity index (χ4n) is 3.14. The van der Waals surface area contributed by atoms with Gasteiger partial charge in [-0.3, -0.25) is 4.79 Å². The Kier molecular flexibility index (Phi) is 4.50. The van der Waals surface area contributed by atoms with E-state index in [4.69, 9.17) is 14.9 Å². The summed E-state index contributed by atoms with van der Waals surface area (Å²) in [4.78, 5) is 14.7. The van der Waals surface area contributed by atoms with Gasteiger partial charge in [-0.2, -0.15) is 0 Å². The minimum Gasteiger partial charge on any atom is -0.455 e. The van der Waals surface area contributed by atoms with Crippen LogP contribution in [0.25, 0.3) is 0 Å². The molecule has 0 unspecified atom stereocenters. The van der Waals surface area contributed by atoms with E-state index in [1.54, 1.807) is 12.1 Å². The molecule has 1 fully saturated rings. The highest BCUT2D eigenvalue weighted by molar-refractivity contribution is 5.92. The summed E-state index contributed by atoms with van der Waals surface area (Å²) in [5.74, 6) is 0.827. The normalized spacial score (nSPS) is 24.7. The van der Waals surface area contributed by atoms with Crippen LogP contribution in [0.5, 0.6) is 0 Å². The maximum Gasteiger partial charge on any atom is 0.290 e. The molecule has 0 bridgehead atoms. The molecule has 0 aliphatic carbocycles. The van der Waals surface area contributed by atoms with Crippen molar-refractivity contribution in [2.45, 2.75) is 38.6 Å². The van der Waals surface area contributed by atoms with Crippen LogP contribution in [0.1, 0.15) is 41.8 Å². The molecule has 23 heavy (non-hydrogen) atoms. The first-order valence-electron chi connectivity index (χ1n) is 7.89. The second-order valence-corrected chi connectivity index (χ2v) is 5.94. The average Bonchev–Trinajstić information content (AvgIpc) is 3.05. The van der Waals surface area contributed by atoms with Crippen molar-refractivity contribution in [3.63, 3.8) is 0 Å². The Bertz CT molecular complexity index is 668. The molecule has 0 radical (unpaired) electrons. The highest BCUT2D eigenvalue weighted by Crippen LogP contribution is 2.32. The molecule has 1 aromatic carbocycles. The lowest BCUT2D eigenvalue weighted by atomic mass is 9.98. The number of amides is 1. The topological polar surface area (TPSA) is 68.7 Å². The van der Waals surface area contributed by atoms with Gasteiger partial charge in [-0.1, -0.05) is 30.3 Å². The van der Waals surface area contributed by atoms with Crippen LogP contribution in [0, 0.1) is 0 Å². The first-order valence-corrected chi connectivity index (χ1v) is 7.89. The van der Waals surface area contributed by atoms with Gasteiger partial charge in [-0.25, -0.2) is 0 Å². The Labute approximate surface area is 136 Å². The molecule has 1 aliphatic heterocycles. The molecule has 1 saturated heterocycles. The summed E-state index contributed by atoms with van der Waals surface area (Å²) in [5, 5.41) is 0. The van der Waals surface area contributed by atoms with Gasteiger partial charge in [-0.15, -0.1) is 0 Å². The first-order chi connectivity index (χ1) is 11.1. The quantitative estimate of drug-likeness (QED) is 0.946. The van der Waals surface area contributed by atoms with Crippen LogP contribution in [0.15, 0.2) is 46.9 Å². The van der Waals surface area contributed by atoms with Crippen molar-refractivity contribution in [1.82, 2.24) is 4.90 Å². The third kappa shape index (κ3) is 3.02. The molecule has 5 heteroatoms. The second kappa shape index (κ2) is 6.56. The van der Waals surface area contributed by atoms with Crippen LogP contribution in [-0.2, 0) is 11.3 Å². The minimum absolute atomic E-state index is 0.0103. The predicted octanol–water partition coefficient (Wildman–Crippen LogP) is 2.73. The zero-order valence-electron chi connectivity index (χ0n) is 13.4. The summed E-state index contributed by atoms with van der Waals surface area (Å²) in [6.07, 6.45) is -0.139. The van der Waals surface area contributed by atoms with Crippen LogP contribution >= 0.6 is 0 Å². The number of hydrogen-bond donors (Lipinski definition) is 1. The number of rotatable bonds is 3. The monoisotopic (exact) mass is 314 g/mol. The zero-order valence-corrected chi connectivity index (χ0v) is 13.4. The van der Waals surface area contributed by atoms with Crippen LogP contribution in [-0.4, -0.2) is 29.5 Å². The van der Waals surface area contributed by atoms with Gasteiger partial charge in [0.1, 0.15) is 11.9 Å². The summed E-state index contributed by atoms with van der Waals surface area (Å²) in [7, 11) is 0. The van der Waals surface area contributed by atoms with Gasteiger partial charge in [0.15, 0.2) is 5.76 Å². The molecule has 5 nitrogen and oxygen atoms in total. The van der Waals surface area contributed by atoms with Gasteiger partial charge in [-0.05, 0) is 31.5 Å². The Balaban J connectivity index is 1.85. The first kappa shape index (κ1) is 15.8. The molecule has 2 aromatic rings. The predicted molar refractivity (Wildman–Crippen MR) is 86.8 cm³/mol. The molecule has 1 amide bonds. The fourth-order valence-corrected chi connectivity index (χ4v) is 3.14. The van der Waals surface area contributed by atoms with Gasteiger partial charge in [0.2, 0.25) is 0 Å². The van der Waals surface area contributed by atoms with Crippen LogP contribution < -0.4 is 5.73 Å². The molecule has 122 valence electrons. The maximum absolute atomic E-state index is 12.9. The standard InChI is InChI=1S/C18H22N2O3/c1-12-11-22-17(14-6-4-3-5-7-14)13(2)20(12)18(21)16-9-8-15(10-19)23-16/h3-9,12-13,17H,10-11,19H2,1-2H3/t12-,13-,17+/m1/s1. The van der Waals surface area contributed by atoms with Crippen molar-refractivity contribution < 1.29 is 13.9 Å². The molecule has 1 aliphatic rings. The number of hydrogen-bond acceptors (Lipinski definition) is 4. The summed E-state index contributed by atoms with van der Waals surface area (Å²) in [6, 6.07) is 13.3. The van der Waals surface area contributed by atoms with Crippen molar-refractivity contribution >= 4 is 5.91 Å². The number of benzene rings is 1. The van der Waals surface area contributed by atoms with E-state index in [0.717, 1.165) is 5.56 Å². The van der Waals surface area contributed by atoms with E-state index in [1.165, 1.54) is 0 Å². The zero-order chi connectivity index (χ0) is 16.4. The van der Waals surface area contributed by atoms with E-state index in [9.17, 15) is 4.79 Å². The molecular formula is C18H22N2O3. The van der Waals surface area contributed by atoms with E-state index in [1.807, 2.05) is 49.1 Å². The Morgan fingerprint density at radius 2 is 1.96 bits per heavy atom. The molecule has 0 saturated carbocycles. The average molecular weight is 314 g/mol. The number of ether oxygens (including phenoxy) is 1. The molecule has 3 rings (SSSR count). The Morgan fingerprint density at radius 3 is 2.61 bits per heavy atom. The number of nitrogens with zero attached hydrogens (tertiary/aromatic N) is 1. The number of morpholine rings is 1. The molecule has 2 heterocycles. The second-order valence-electron chi connectivity index (χ2n) is 5.94. The molecule has 0 spiro atoms. The Morgan fingerprint density at radius 1 is 1.22 bits per heavy atom. The van der Waals surface area contributed by atoms with Crippen molar-refractivity contribution in [3.05, 3.63) is 59.5 Å². The number of carbonyl (C=O) groups excluding carboxylic acids is 1. The molecule has 1 aromatic heterocycles. The molecule has 2 N–H and O–H groups in total. The van der Waals surface area contributed by atoms with Crippen LogP contribution in [0.2, 0.25) is 0 Å². The van der Waals surface area contributed by atoms with Gasteiger partial charge in [0.25, 0.3) is 5.91 Å². The molecule has 3 atom stereocenters. The lowest BCUT2D eigenvalue weighted by Crippen LogP contribution is -2.53. The van der Waals surface area contributed by atoms with Gasteiger partial charge in [0.05, 0.1) is 25.2 Å². The van der Waals surface area contributed by atoms with Gasteiger partial charge >= 0.3 is 0 Å². The Hall–Kier alpha value is -2.11. The van der Waals surface area contributed by atoms with E-state index in [0.29, 0.717) is 18.1 Å². The van der Waals surface area contributed by atoms with E-state index >= 15 is 0 Å². The number of carbonyl (C=O) groups is 1. The number of furan rings is 1. The molecular weight excluding hydrogens is 292 g/mol. The van der Waals surface area contributed by atoms with Gasteiger partial charge < -0.3 is 19.8 Å². The van der Waals surface area contributed by atoms with Crippen LogP contribution in [0.4, 0.5) is 0 Å². The fraction of sp³-hybridized carbons (Fsp3) is 0.389. The van der Waals surface area contributed by atoms with Crippen molar-refractivity contribution in [2.75, 3.05) is 6.61 Å². The third-order valence-electron chi connectivity index (χ3n) is 4.31. The van der Waals surface area contributed by atoms with E-state index in [-0.39, 0.29) is 30.6 Å². The van der Waals surface area contributed by atoms with Crippen molar-refractivity contribution in [3.8, 4) is 0 Å². The van der Waals surface area contributed by atoms with Gasteiger partial charge in [0, 0.05) is 0 Å². The maximum atomic E-state index is 12.9. The summed E-state index contributed by atoms with van der Waals surface area (Å²) in [6.45, 7) is 4.79. The highest BCUT2D eigenvalue weighted by atomic mass is 16.5. The summed E-state index contributed by atoms with van der Waals surface area (Å²) >= 11 is 0. The van der Waals surface area contributed by atoms with E-state index in [2.05, 4.69) is 0 Å². The summed E-state index contributed by atoms with van der Waals surface area (Å²) in [5.41, 5.74) is 6.63. The minimum atomic E-state index is -0.139. The smallest absolute Gasteiger partial charge is 0.290 e. The highest BCUT2D eigenvalue weighted by Gasteiger charge is 2.38. The summed E-state index contributed by atoms with van der Waals surface area (Å²) < 4.78 is 11.5. The lowest BCUT2D eigenvalue weighted by molar-refractivity contribution is -0.0814. The largest absolute Gasteiger partial charge is 0.455 e. The lowest BCUT2D eigenvalue weighted by Gasteiger charge is -2.43. The van der Waals surface area contributed by atoms with Crippen LogP contribution in [0.3, 0.4) is 0 Å². The third-order valence-corrected chi connectivity index (χ3v) is 4.31. The number of nitrogens with two attached hydrogens (primary N) is 1. The SMILES string of the molecule is C[C@@H]1CO[C@H](c2ccccc2)[C@@H](C)N1C(=O)c1ccc(CN)o1.